The minimum atomic E-state index is 0.193. The van der Waals surface area contributed by atoms with Gasteiger partial charge < -0.3 is 10.1 Å². The Morgan fingerprint density at radius 3 is 2.67 bits per heavy atom. The maximum atomic E-state index is 5.94. The fourth-order valence-corrected chi connectivity index (χ4v) is 2.50. The summed E-state index contributed by atoms with van der Waals surface area (Å²) in [6.45, 7) is 2.29. The van der Waals surface area contributed by atoms with Gasteiger partial charge in [-0.1, -0.05) is 6.92 Å². The average molecular weight is 288 g/mol. The zero-order valence-electron chi connectivity index (χ0n) is 12.4. The van der Waals surface area contributed by atoms with E-state index in [0.717, 1.165) is 18.8 Å². The molecule has 0 bridgehead atoms. The van der Waals surface area contributed by atoms with E-state index in [-0.39, 0.29) is 6.10 Å². The molecule has 0 aliphatic heterocycles. The number of aromatic nitrogens is 5. The summed E-state index contributed by atoms with van der Waals surface area (Å²) in [5.41, 5.74) is 0. The molecular weight excluding hydrogens is 268 g/mol. The molecule has 0 saturated heterocycles. The van der Waals surface area contributed by atoms with Crippen molar-refractivity contribution in [1.29, 1.82) is 0 Å². The van der Waals surface area contributed by atoms with Crippen molar-refractivity contribution in [2.24, 2.45) is 5.92 Å². The summed E-state index contributed by atoms with van der Waals surface area (Å²) in [5, 5.41) is 7.07. The molecule has 1 N–H and O–H groups in total. The number of ether oxygens (including phenoxy) is 1. The zero-order valence-corrected chi connectivity index (χ0v) is 12.4. The predicted molar refractivity (Wildman–Crippen MR) is 78.5 cm³/mol. The second kappa shape index (κ2) is 6.07. The highest BCUT2D eigenvalue weighted by Gasteiger charge is 2.21. The van der Waals surface area contributed by atoms with Crippen LogP contribution >= 0.6 is 0 Å². The number of hydrogen-bond donors (Lipinski definition) is 1. The normalized spacial score (nSPS) is 22.0. The lowest BCUT2D eigenvalue weighted by Gasteiger charge is -2.25. The molecule has 0 atom stereocenters. The van der Waals surface area contributed by atoms with Crippen molar-refractivity contribution < 1.29 is 4.74 Å². The van der Waals surface area contributed by atoms with Crippen molar-refractivity contribution in [3.8, 4) is 12.0 Å². The van der Waals surface area contributed by atoms with E-state index in [1.165, 1.54) is 12.8 Å². The van der Waals surface area contributed by atoms with E-state index >= 15 is 0 Å². The molecule has 0 amide bonds. The Hall–Kier alpha value is -2.18. The molecule has 112 valence electrons. The van der Waals surface area contributed by atoms with Crippen LogP contribution in [0, 0.1) is 5.92 Å². The Labute approximate surface area is 123 Å². The molecule has 21 heavy (non-hydrogen) atoms. The fourth-order valence-electron chi connectivity index (χ4n) is 2.50. The summed E-state index contributed by atoms with van der Waals surface area (Å²) in [5.74, 6) is 1.73. The van der Waals surface area contributed by atoms with Gasteiger partial charge in [-0.05, 0) is 37.7 Å². The van der Waals surface area contributed by atoms with Crippen LogP contribution in [0.1, 0.15) is 32.6 Å². The Morgan fingerprint density at radius 1 is 1.19 bits per heavy atom. The van der Waals surface area contributed by atoms with Crippen LogP contribution in [-0.4, -0.2) is 37.9 Å². The van der Waals surface area contributed by atoms with E-state index in [9.17, 15) is 0 Å². The van der Waals surface area contributed by atoms with Gasteiger partial charge in [0.2, 0.25) is 5.95 Å². The molecule has 0 unspecified atom stereocenters. The second-order valence-corrected chi connectivity index (χ2v) is 5.44. The summed E-state index contributed by atoms with van der Waals surface area (Å²) in [7, 11) is 1.77. The van der Waals surface area contributed by atoms with E-state index in [1.54, 1.807) is 24.1 Å². The molecule has 7 heteroatoms. The highest BCUT2D eigenvalue weighted by atomic mass is 16.5. The molecule has 3 rings (SSSR count). The SMILES string of the molecule is CNc1nc(OC2CCC(C)CC2)nc(-n2cccn2)n1. The van der Waals surface area contributed by atoms with E-state index in [1.807, 2.05) is 6.07 Å². The fraction of sp³-hybridized carbons (Fsp3) is 0.571. The lowest BCUT2D eigenvalue weighted by Crippen LogP contribution is -2.24. The number of anilines is 1. The Balaban J connectivity index is 1.79. The van der Waals surface area contributed by atoms with Crippen molar-refractivity contribution >= 4 is 5.95 Å². The van der Waals surface area contributed by atoms with Gasteiger partial charge in [0.15, 0.2) is 0 Å². The molecular formula is C14H20N6O. The molecule has 0 radical (unpaired) electrons. The van der Waals surface area contributed by atoms with Gasteiger partial charge in [0.25, 0.3) is 5.95 Å². The van der Waals surface area contributed by atoms with Gasteiger partial charge in [0.05, 0.1) is 0 Å². The maximum absolute atomic E-state index is 5.94. The average Bonchev–Trinajstić information content (AvgIpc) is 3.04. The molecule has 2 aromatic rings. The quantitative estimate of drug-likeness (QED) is 0.927. The Morgan fingerprint density at radius 2 is 2.00 bits per heavy atom. The van der Waals surface area contributed by atoms with Crippen molar-refractivity contribution in [2.75, 3.05) is 12.4 Å². The van der Waals surface area contributed by atoms with Gasteiger partial charge in [0, 0.05) is 19.4 Å². The lowest BCUT2D eigenvalue weighted by molar-refractivity contribution is 0.124. The molecule has 1 aliphatic carbocycles. The van der Waals surface area contributed by atoms with E-state index in [2.05, 4.69) is 32.3 Å². The van der Waals surface area contributed by atoms with Crippen LogP contribution in [0.3, 0.4) is 0 Å². The van der Waals surface area contributed by atoms with Crippen molar-refractivity contribution in [2.45, 2.75) is 38.7 Å². The van der Waals surface area contributed by atoms with Gasteiger partial charge in [-0.15, -0.1) is 0 Å². The molecule has 1 saturated carbocycles. The third kappa shape index (κ3) is 3.29. The third-order valence-electron chi connectivity index (χ3n) is 3.77. The molecule has 0 aromatic carbocycles. The number of hydrogen-bond acceptors (Lipinski definition) is 6. The monoisotopic (exact) mass is 288 g/mol. The summed E-state index contributed by atoms with van der Waals surface area (Å²) in [6, 6.07) is 2.19. The van der Waals surface area contributed by atoms with Crippen molar-refractivity contribution in [3.63, 3.8) is 0 Å². The molecule has 1 aliphatic rings. The van der Waals surface area contributed by atoms with Crippen LogP contribution in [0.25, 0.3) is 5.95 Å². The van der Waals surface area contributed by atoms with Crippen LogP contribution in [0.4, 0.5) is 5.95 Å². The molecule has 7 nitrogen and oxygen atoms in total. The number of nitrogens with one attached hydrogen (secondary N) is 1. The third-order valence-corrected chi connectivity index (χ3v) is 3.77. The van der Waals surface area contributed by atoms with E-state index in [4.69, 9.17) is 4.74 Å². The predicted octanol–water partition coefficient (Wildman–Crippen LogP) is 2.06. The van der Waals surface area contributed by atoms with E-state index < -0.39 is 0 Å². The topological polar surface area (TPSA) is 77.8 Å². The molecule has 0 spiro atoms. The van der Waals surface area contributed by atoms with Gasteiger partial charge in [0.1, 0.15) is 6.10 Å². The summed E-state index contributed by atoms with van der Waals surface area (Å²) in [4.78, 5) is 12.9. The first-order valence-electron chi connectivity index (χ1n) is 7.35. The largest absolute Gasteiger partial charge is 0.460 e. The molecule has 2 aromatic heterocycles. The standard InChI is InChI=1S/C14H20N6O/c1-10-4-6-11(7-5-10)21-14-18-12(15-2)17-13(19-14)20-9-3-8-16-20/h3,8-11H,4-7H2,1-2H3,(H,15,17,18,19). The van der Waals surface area contributed by atoms with Gasteiger partial charge >= 0.3 is 6.01 Å². The summed E-state index contributed by atoms with van der Waals surface area (Å²) in [6.07, 6.45) is 8.17. The van der Waals surface area contributed by atoms with Gasteiger partial charge in [-0.3, -0.25) is 0 Å². The van der Waals surface area contributed by atoms with Crippen LogP contribution < -0.4 is 10.1 Å². The van der Waals surface area contributed by atoms with Crippen molar-refractivity contribution in [1.82, 2.24) is 24.7 Å². The molecule has 2 heterocycles. The summed E-state index contributed by atoms with van der Waals surface area (Å²) < 4.78 is 7.54. The Bertz CT molecular complexity index is 577. The lowest BCUT2D eigenvalue weighted by atomic mass is 9.89. The van der Waals surface area contributed by atoms with Crippen molar-refractivity contribution in [3.05, 3.63) is 18.5 Å². The smallest absolute Gasteiger partial charge is 0.323 e. The molecule has 1 fully saturated rings. The first kappa shape index (κ1) is 13.8. The van der Waals surface area contributed by atoms with Crippen LogP contribution in [0.15, 0.2) is 18.5 Å². The van der Waals surface area contributed by atoms with Crippen LogP contribution in [-0.2, 0) is 0 Å². The van der Waals surface area contributed by atoms with Gasteiger partial charge in [-0.2, -0.15) is 20.1 Å². The highest BCUT2D eigenvalue weighted by molar-refractivity contribution is 5.29. The van der Waals surface area contributed by atoms with Crippen LogP contribution in [0.2, 0.25) is 0 Å². The van der Waals surface area contributed by atoms with Gasteiger partial charge in [-0.25, -0.2) is 4.68 Å². The zero-order chi connectivity index (χ0) is 14.7. The first-order chi connectivity index (χ1) is 10.2. The van der Waals surface area contributed by atoms with E-state index in [0.29, 0.717) is 17.9 Å². The second-order valence-electron chi connectivity index (χ2n) is 5.44. The first-order valence-corrected chi connectivity index (χ1v) is 7.35. The Kier molecular flexibility index (Phi) is 3.98. The summed E-state index contributed by atoms with van der Waals surface area (Å²) >= 11 is 0. The highest BCUT2D eigenvalue weighted by Crippen LogP contribution is 2.26. The number of rotatable bonds is 4. The van der Waals surface area contributed by atoms with Crippen LogP contribution in [0.5, 0.6) is 6.01 Å². The minimum Gasteiger partial charge on any atom is -0.460 e. The maximum Gasteiger partial charge on any atom is 0.323 e. The minimum absolute atomic E-state index is 0.193. The number of nitrogens with zero attached hydrogens (tertiary/aromatic N) is 5.